The SMILES string of the molecule is O=S(=O)(c1cnc(C2OC=CO2)s1)N1CCC(c2cn3ncnc3cc2Cl)CC1. The van der Waals surface area contributed by atoms with E-state index in [1.54, 1.807) is 10.6 Å². The van der Waals surface area contributed by atoms with Crippen LogP contribution in [0.25, 0.3) is 5.65 Å². The number of hydrogen-bond donors (Lipinski definition) is 0. The first-order chi connectivity index (χ1) is 14.0. The fourth-order valence-electron chi connectivity index (χ4n) is 3.54. The molecule has 0 bridgehead atoms. The van der Waals surface area contributed by atoms with Crippen molar-refractivity contribution in [2.45, 2.75) is 29.3 Å². The molecule has 0 saturated carbocycles. The highest BCUT2D eigenvalue weighted by atomic mass is 35.5. The fourth-order valence-corrected chi connectivity index (χ4v) is 6.59. The molecule has 0 radical (unpaired) electrons. The Bertz CT molecular complexity index is 1180. The van der Waals surface area contributed by atoms with Crippen LogP contribution in [-0.4, -0.2) is 45.4 Å². The number of halogens is 1. The molecule has 1 fully saturated rings. The van der Waals surface area contributed by atoms with Crippen molar-refractivity contribution in [3.8, 4) is 0 Å². The van der Waals surface area contributed by atoms with Crippen molar-refractivity contribution in [2.24, 2.45) is 0 Å². The van der Waals surface area contributed by atoms with Gasteiger partial charge in [-0.25, -0.2) is 22.9 Å². The van der Waals surface area contributed by atoms with Crippen molar-refractivity contribution in [1.82, 2.24) is 23.9 Å². The van der Waals surface area contributed by atoms with E-state index in [2.05, 4.69) is 15.1 Å². The van der Waals surface area contributed by atoms with Gasteiger partial charge in [-0.05, 0) is 24.3 Å². The van der Waals surface area contributed by atoms with Gasteiger partial charge in [-0.2, -0.15) is 9.40 Å². The number of sulfonamides is 1. The number of pyridine rings is 1. The molecule has 2 aliphatic rings. The number of nitrogens with zero attached hydrogens (tertiary/aromatic N) is 5. The van der Waals surface area contributed by atoms with Crippen LogP contribution < -0.4 is 0 Å². The van der Waals surface area contributed by atoms with E-state index in [1.807, 2.05) is 6.20 Å². The molecule has 2 aliphatic heterocycles. The van der Waals surface area contributed by atoms with Gasteiger partial charge in [-0.1, -0.05) is 22.9 Å². The van der Waals surface area contributed by atoms with Crippen molar-refractivity contribution in [1.29, 1.82) is 0 Å². The van der Waals surface area contributed by atoms with E-state index in [1.165, 1.54) is 29.4 Å². The first-order valence-electron chi connectivity index (χ1n) is 8.93. The topological polar surface area (TPSA) is 98.9 Å². The van der Waals surface area contributed by atoms with E-state index >= 15 is 0 Å². The molecule has 5 rings (SSSR count). The minimum absolute atomic E-state index is 0.158. The van der Waals surface area contributed by atoms with Gasteiger partial charge in [0.2, 0.25) is 0 Å². The summed E-state index contributed by atoms with van der Waals surface area (Å²) in [5, 5.41) is 5.25. The predicted octanol–water partition coefficient (Wildman–Crippen LogP) is 2.92. The third kappa shape index (κ3) is 3.37. The summed E-state index contributed by atoms with van der Waals surface area (Å²) >= 11 is 7.49. The smallest absolute Gasteiger partial charge is 0.292 e. The van der Waals surface area contributed by atoms with E-state index in [0.717, 1.165) is 16.9 Å². The molecule has 29 heavy (non-hydrogen) atoms. The Hall–Kier alpha value is -2.21. The standard InChI is InChI=1S/C17H16ClN5O4S2/c18-13-7-14-20-10-21-23(14)9-12(13)11-1-3-22(4-2-11)29(24,25)15-8-19-16(28-15)17-26-5-6-27-17/h5-11,17H,1-4H2. The van der Waals surface area contributed by atoms with Crippen LogP contribution in [0.5, 0.6) is 0 Å². The van der Waals surface area contributed by atoms with Gasteiger partial charge in [0, 0.05) is 30.4 Å². The summed E-state index contributed by atoms with van der Waals surface area (Å²) in [5.41, 5.74) is 1.65. The van der Waals surface area contributed by atoms with Gasteiger partial charge in [-0.15, -0.1) is 0 Å². The predicted molar refractivity (Wildman–Crippen MR) is 105 cm³/mol. The van der Waals surface area contributed by atoms with Crippen molar-refractivity contribution < 1.29 is 17.9 Å². The van der Waals surface area contributed by atoms with Crippen molar-refractivity contribution in [3.63, 3.8) is 0 Å². The molecule has 9 nitrogen and oxygen atoms in total. The molecule has 0 N–H and O–H groups in total. The minimum atomic E-state index is -3.61. The maximum absolute atomic E-state index is 13.0. The monoisotopic (exact) mass is 453 g/mol. The molecule has 3 aromatic heterocycles. The summed E-state index contributed by atoms with van der Waals surface area (Å²) in [5.74, 6) is 0.158. The Morgan fingerprint density at radius 3 is 2.69 bits per heavy atom. The molecule has 12 heteroatoms. The Balaban J connectivity index is 1.31. The molecule has 1 saturated heterocycles. The third-order valence-electron chi connectivity index (χ3n) is 5.05. The molecule has 0 aliphatic carbocycles. The van der Waals surface area contributed by atoms with Crippen LogP contribution in [0.4, 0.5) is 0 Å². The molecule has 3 aromatic rings. The van der Waals surface area contributed by atoms with E-state index < -0.39 is 16.3 Å². The molecule has 152 valence electrons. The summed E-state index contributed by atoms with van der Waals surface area (Å²) in [6.45, 7) is 0.813. The fraction of sp³-hybridized carbons (Fsp3) is 0.353. The van der Waals surface area contributed by atoms with Crippen LogP contribution in [-0.2, 0) is 19.5 Å². The van der Waals surface area contributed by atoms with Crippen molar-refractivity contribution in [2.75, 3.05) is 13.1 Å². The Labute approximate surface area is 175 Å². The summed E-state index contributed by atoms with van der Waals surface area (Å²) in [6, 6.07) is 1.79. The number of fused-ring (bicyclic) bond motifs is 1. The lowest BCUT2D eigenvalue weighted by Gasteiger charge is -2.31. The molecular formula is C17H16ClN5O4S2. The molecule has 0 atom stereocenters. The zero-order chi connectivity index (χ0) is 20.0. The molecular weight excluding hydrogens is 438 g/mol. The van der Waals surface area contributed by atoms with Crippen LogP contribution in [0.15, 0.2) is 41.5 Å². The molecule has 5 heterocycles. The highest BCUT2D eigenvalue weighted by Gasteiger charge is 2.33. The van der Waals surface area contributed by atoms with E-state index in [-0.39, 0.29) is 10.1 Å². The maximum Gasteiger partial charge on any atom is 0.292 e. The third-order valence-corrected chi connectivity index (χ3v) is 8.73. The lowest BCUT2D eigenvalue weighted by molar-refractivity contribution is -0.0247. The van der Waals surface area contributed by atoms with Crippen LogP contribution >= 0.6 is 22.9 Å². The summed E-state index contributed by atoms with van der Waals surface area (Å²) in [6.07, 6.45) is 8.20. The summed E-state index contributed by atoms with van der Waals surface area (Å²) in [4.78, 5) is 8.27. The van der Waals surface area contributed by atoms with E-state index in [9.17, 15) is 8.42 Å². The highest BCUT2D eigenvalue weighted by Crippen LogP contribution is 2.36. The van der Waals surface area contributed by atoms with Crippen LogP contribution in [0.1, 0.15) is 35.6 Å². The lowest BCUT2D eigenvalue weighted by atomic mass is 9.91. The van der Waals surface area contributed by atoms with E-state index in [4.69, 9.17) is 21.1 Å². The number of piperidine rings is 1. The van der Waals surface area contributed by atoms with Crippen molar-refractivity contribution in [3.05, 3.63) is 52.9 Å². The van der Waals surface area contributed by atoms with Gasteiger partial charge < -0.3 is 9.47 Å². The number of hydrogen-bond acceptors (Lipinski definition) is 8. The minimum Gasteiger partial charge on any atom is -0.453 e. The normalized spacial score (nSPS) is 18.9. The zero-order valence-corrected chi connectivity index (χ0v) is 17.4. The zero-order valence-electron chi connectivity index (χ0n) is 15.0. The second-order valence-corrected chi connectivity index (χ2v) is 10.3. The Morgan fingerprint density at radius 2 is 1.93 bits per heavy atom. The van der Waals surface area contributed by atoms with Crippen LogP contribution in [0, 0.1) is 0 Å². The average molecular weight is 454 g/mol. The van der Waals surface area contributed by atoms with Gasteiger partial charge in [0.15, 0.2) is 14.9 Å². The average Bonchev–Trinajstić information content (AvgIpc) is 3.47. The lowest BCUT2D eigenvalue weighted by Crippen LogP contribution is -2.37. The number of rotatable bonds is 4. The first kappa shape index (κ1) is 18.8. The largest absolute Gasteiger partial charge is 0.453 e. The van der Waals surface area contributed by atoms with E-state index in [0.29, 0.717) is 41.6 Å². The molecule has 0 aromatic carbocycles. The number of ether oxygens (including phenoxy) is 2. The Kier molecular flexibility index (Phi) is 4.69. The van der Waals surface area contributed by atoms with Gasteiger partial charge in [0.1, 0.15) is 18.9 Å². The van der Waals surface area contributed by atoms with Gasteiger partial charge in [0.05, 0.1) is 6.20 Å². The number of thiazole rings is 1. The molecule has 0 amide bonds. The first-order valence-corrected chi connectivity index (χ1v) is 11.6. The van der Waals surface area contributed by atoms with Crippen LogP contribution in [0.3, 0.4) is 0 Å². The van der Waals surface area contributed by atoms with Gasteiger partial charge >= 0.3 is 0 Å². The summed E-state index contributed by atoms with van der Waals surface area (Å²) < 4.78 is 39.8. The van der Waals surface area contributed by atoms with Crippen LogP contribution in [0.2, 0.25) is 5.02 Å². The second-order valence-electron chi connectivity index (χ2n) is 6.71. The highest BCUT2D eigenvalue weighted by molar-refractivity contribution is 7.91. The molecule has 0 unspecified atom stereocenters. The van der Waals surface area contributed by atoms with Gasteiger partial charge in [0.25, 0.3) is 16.3 Å². The quantitative estimate of drug-likeness (QED) is 0.598. The Morgan fingerprint density at radius 1 is 1.17 bits per heavy atom. The number of aromatic nitrogens is 4. The maximum atomic E-state index is 13.0. The summed E-state index contributed by atoms with van der Waals surface area (Å²) in [7, 11) is -3.61. The second kappa shape index (κ2) is 7.24. The molecule has 0 spiro atoms. The van der Waals surface area contributed by atoms with Gasteiger partial charge in [-0.3, -0.25) is 0 Å². The van der Waals surface area contributed by atoms with Crippen molar-refractivity contribution >= 4 is 38.6 Å².